The van der Waals surface area contributed by atoms with Crippen molar-refractivity contribution >= 4 is 5.78 Å². The Balaban J connectivity index is 2.45. The van der Waals surface area contributed by atoms with E-state index in [1.807, 2.05) is 5.32 Å². The Morgan fingerprint density at radius 3 is 2.56 bits per heavy atom. The minimum Gasteiger partial charge on any atom is -0.302 e. The van der Waals surface area contributed by atoms with Gasteiger partial charge in [0, 0.05) is 6.42 Å². The van der Waals surface area contributed by atoms with Crippen molar-refractivity contribution in [1.29, 1.82) is 0 Å². The van der Waals surface area contributed by atoms with E-state index in [0.29, 0.717) is 11.1 Å². The van der Waals surface area contributed by atoms with Gasteiger partial charge in [-0.2, -0.15) is 13.2 Å². The number of aryl methyl sites for hydroxylation is 1. The SMILES string of the molecule is Cc1cc(F)ccc1CC(=O)CNCC(F)(F)F. The molecule has 0 heterocycles. The molecule has 0 aromatic heterocycles. The third-order valence-corrected chi connectivity index (χ3v) is 2.34. The molecule has 0 atom stereocenters. The molecule has 6 heteroatoms. The van der Waals surface area contributed by atoms with Crippen molar-refractivity contribution in [3.05, 3.63) is 35.1 Å². The number of hydrogen-bond donors (Lipinski definition) is 1. The Morgan fingerprint density at radius 2 is 2.00 bits per heavy atom. The third kappa shape index (κ3) is 5.27. The normalized spacial score (nSPS) is 11.6. The first kappa shape index (κ1) is 14.6. The van der Waals surface area contributed by atoms with Gasteiger partial charge >= 0.3 is 6.18 Å². The average molecular weight is 263 g/mol. The van der Waals surface area contributed by atoms with E-state index < -0.39 is 18.5 Å². The Kier molecular flexibility index (Phi) is 4.84. The standard InChI is InChI=1S/C12H13F4NO/c1-8-4-10(13)3-2-9(8)5-11(18)6-17-7-12(14,15)16/h2-4,17H,5-7H2,1H3. The fraction of sp³-hybridized carbons (Fsp3) is 0.417. The molecule has 0 radical (unpaired) electrons. The Hall–Kier alpha value is -1.43. The van der Waals surface area contributed by atoms with Crippen LogP contribution < -0.4 is 5.32 Å². The predicted octanol–water partition coefficient (Wildman–Crippen LogP) is 2.40. The molecule has 1 rings (SSSR count). The van der Waals surface area contributed by atoms with Gasteiger partial charge in [0.2, 0.25) is 0 Å². The molecule has 0 saturated carbocycles. The number of nitrogens with one attached hydrogen (secondary N) is 1. The maximum Gasteiger partial charge on any atom is 0.401 e. The molecule has 0 saturated heterocycles. The summed E-state index contributed by atoms with van der Waals surface area (Å²) in [5.41, 5.74) is 1.23. The summed E-state index contributed by atoms with van der Waals surface area (Å²) in [5.74, 6) is -0.771. The monoisotopic (exact) mass is 263 g/mol. The lowest BCUT2D eigenvalue weighted by Crippen LogP contribution is -2.33. The highest BCUT2D eigenvalue weighted by Crippen LogP contribution is 2.13. The lowest BCUT2D eigenvalue weighted by molar-refractivity contribution is -0.127. The Bertz CT molecular complexity index is 429. The second kappa shape index (κ2) is 5.95. The Labute approximate surface area is 102 Å². The molecule has 0 aliphatic rings. The smallest absolute Gasteiger partial charge is 0.302 e. The molecule has 18 heavy (non-hydrogen) atoms. The number of halogens is 4. The second-order valence-electron chi connectivity index (χ2n) is 4.00. The molecular weight excluding hydrogens is 250 g/mol. The van der Waals surface area contributed by atoms with Gasteiger partial charge in [0.25, 0.3) is 0 Å². The van der Waals surface area contributed by atoms with Crippen LogP contribution in [0.3, 0.4) is 0 Å². The van der Waals surface area contributed by atoms with Crippen LogP contribution in [0.2, 0.25) is 0 Å². The van der Waals surface area contributed by atoms with Crippen LogP contribution in [0.25, 0.3) is 0 Å². The van der Waals surface area contributed by atoms with Crippen molar-refractivity contribution < 1.29 is 22.4 Å². The molecule has 0 unspecified atom stereocenters. The molecule has 0 aliphatic carbocycles. The van der Waals surface area contributed by atoms with Gasteiger partial charge in [-0.25, -0.2) is 4.39 Å². The first-order chi connectivity index (χ1) is 8.28. The summed E-state index contributed by atoms with van der Waals surface area (Å²) in [7, 11) is 0. The van der Waals surface area contributed by atoms with E-state index in [1.165, 1.54) is 18.2 Å². The van der Waals surface area contributed by atoms with Crippen LogP contribution in [-0.2, 0) is 11.2 Å². The first-order valence-corrected chi connectivity index (χ1v) is 5.32. The number of carbonyl (C=O) groups is 1. The van der Waals surface area contributed by atoms with E-state index in [9.17, 15) is 22.4 Å². The lowest BCUT2D eigenvalue weighted by Gasteiger charge is -2.08. The van der Waals surface area contributed by atoms with E-state index in [-0.39, 0.29) is 18.7 Å². The van der Waals surface area contributed by atoms with Gasteiger partial charge in [-0.05, 0) is 30.2 Å². The van der Waals surface area contributed by atoms with Crippen LogP contribution in [-0.4, -0.2) is 25.0 Å². The summed E-state index contributed by atoms with van der Waals surface area (Å²) < 4.78 is 48.3. The van der Waals surface area contributed by atoms with Gasteiger partial charge < -0.3 is 5.32 Å². The molecule has 1 N–H and O–H groups in total. The summed E-state index contributed by atoms with van der Waals surface area (Å²) in [6.07, 6.45) is -4.33. The Morgan fingerprint density at radius 1 is 1.33 bits per heavy atom. The zero-order chi connectivity index (χ0) is 13.8. The van der Waals surface area contributed by atoms with Crippen LogP contribution in [0, 0.1) is 12.7 Å². The van der Waals surface area contributed by atoms with Gasteiger partial charge in [-0.1, -0.05) is 6.07 Å². The molecule has 0 aliphatic heterocycles. The van der Waals surface area contributed by atoms with E-state index in [0.717, 1.165) is 0 Å². The van der Waals surface area contributed by atoms with Crippen molar-refractivity contribution in [2.75, 3.05) is 13.1 Å². The van der Waals surface area contributed by atoms with Gasteiger partial charge in [0.05, 0.1) is 13.1 Å². The summed E-state index contributed by atoms with van der Waals surface area (Å²) in [4.78, 5) is 11.4. The number of hydrogen-bond acceptors (Lipinski definition) is 2. The molecule has 0 fully saturated rings. The summed E-state index contributed by atoms with van der Waals surface area (Å²) in [6.45, 7) is 0.103. The van der Waals surface area contributed by atoms with Crippen molar-refractivity contribution in [2.24, 2.45) is 0 Å². The van der Waals surface area contributed by atoms with Gasteiger partial charge in [-0.3, -0.25) is 4.79 Å². The van der Waals surface area contributed by atoms with Crippen molar-refractivity contribution in [3.63, 3.8) is 0 Å². The quantitative estimate of drug-likeness (QED) is 0.826. The number of Topliss-reactive ketones (excluding diaryl/α,β-unsaturated/α-hetero) is 1. The van der Waals surface area contributed by atoms with Gasteiger partial charge in [0.1, 0.15) is 5.82 Å². The summed E-state index contributed by atoms with van der Waals surface area (Å²) in [6, 6.07) is 3.97. The predicted molar refractivity (Wildman–Crippen MR) is 58.8 cm³/mol. The third-order valence-electron chi connectivity index (χ3n) is 2.34. The molecule has 1 aromatic rings. The number of carbonyl (C=O) groups excluding carboxylic acids is 1. The minimum atomic E-state index is -4.33. The van der Waals surface area contributed by atoms with Crippen LogP contribution in [0.1, 0.15) is 11.1 Å². The highest BCUT2D eigenvalue weighted by atomic mass is 19.4. The van der Waals surface area contributed by atoms with Crippen LogP contribution >= 0.6 is 0 Å². The highest BCUT2D eigenvalue weighted by molar-refractivity contribution is 5.83. The van der Waals surface area contributed by atoms with E-state index in [4.69, 9.17) is 0 Å². The lowest BCUT2D eigenvalue weighted by atomic mass is 10.0. The van der Waals surface area contributed by atoms with Crippen LogP contribution in [0.5, 0.6) is 0 Å². The number of ketones is 1. The van der Waals surface area contributed by atoms with Gasteiger partial charge in [0.15, 0.2) is 5.78 Å². The first-order valence-electron chi connectivity index (χ1n) is 5.32. The average Bonchev–Trinajstić information content (AvgIpc) is 2.20. The molecule has 1 aromatic carbocycles. The van der Waals surface area contributed by atoms with Crippen LogP contribution in [0.15, 0.2) is 18.2 Å². The fourth-order valence-electron chi connectivity index (χ4n) is 1.48. The molecule has 0 bridgehead atoms. The van der Waals surface area contributed by atoms with Crippen molar-refractivity contribution in [3.8, 4) is 0 Å². The molecule has 2 nitrogen and oxygen atoms in total. The highest BCUT2D eigenvalue weighted by Gasteiger charge is 2.26. The van der Waals surface area contributed by atoms with Crippen molar-refractivity contribution in [1.82, 2.24) is 5.32 Å². The zero-order valence-electron chi connectivity index (χ0n) is 9.77. The largest absolute Gasteiger partial charge is 0.401 e. The van der Waals surface area contributed by atoms with E-state index in [2.05, 4.69) is 0 Å². The van der Waals surface area contributed by atoms with Crippen molar-refractivity contribution in [2.45, 2.75) is 19.5 Å². The number of alkyl halides is 3. The van der Waals surface area contributed by atoms with Gasteiger partial charge in [-0.15, -0.1) is 0 Å². The maximum atomic E-state index is 12.8. The van der Waals surface area contributed by atoms with Crippen LogP contribution in [0.4, 0.5) is 17.6 Å². The minimum absolute atomic E-state index is 0.00301. The fourth-order valence-corrected chi connectivity index (χ4v) is 1.48. The maximum absolute atomic E-state index is 12.8. The summed E-state index contributed by atoms with van der Waals surface area (Å²) >= 11 is 0. The molecule has 0 amide bonds. The summed E-state index contributed by atoms with van der Waals surface area (Å²) in [5, 5.41) is 2.03. The molecule has 0 spiro atoms. The number of rotatable bonds is 5. The second-order valence-corrected chi connectivity index (χ2v) is 4.00. The number of benzene rings is 1. The zero-order valence-corrected chi connectivity index (χ0v) is 9.77. The van der Waals surface area contributed by atoms with E-state index in [1.54, 1.807) is 6.92 Å². The molecule has 100 valence electrons. The topological polar surface area (TPSA) is 29.1 Å². The van der Waals surface area contributed by atoms with E-state index >= 15 is 0 Å². The molecular formula is C12H13F4NO.